The van der Waals surface area contributed by atoms with Gasteiger partial charge in [-0.2, -0.15) is 0 Å². The lowest BCUT2D eigenvalue weighted by molar-refractivity contribution is 0.462. The summed E-state index contributed by atoms with van der Waals surface area (Å²) in [7, 11) is 0. The molecule has 3 rings (SSSR count). The van der Waals surface area contributed by atoms with Crippen molar-refractivity contribution < 1.29 is 0 Å². The van der Waals surface area contributed by atoms with Gasteiger partial charge in [-0.05, 0) is 34.1 Å². The SMILES string of the molecule is Cc1nc(C)c(C(C)NC(C)c2nnc3n2CCC3)s1. The molecule has 0 saturated heterocycles. The Labute approximate surface area is 123 Å². The van der Waals surface area contributed by atoms with E-state index in [1.54, 1.807) is 11.3 Å². The summed E-state index contributed by atoms with van der Waals surface area (Å²) in [4.78, 5) is 5.82. The minimum absolute atomic E-state index is 0.200. The van der Waals surface area contributed by atoms with Gasteiger partial charge in [-0.3, -0.25) is 0 Å². The van der Waals surface area contributed by atoms with E-state index in [4.69, 9.17) is 0 Å². The molecule has 0 radical (unpaired) electrons. The van der Waals surface area contributed by atoms with Crippen LogP contribution in [0.1, 0.15) is 59.6 Å². The van der Waals surface area contributed by atoms with Crippen LogP contribution < -0.4 is 5.32 Å². The van der Waals surface area contributed by atoms with Gasteiger partial charge in [0, 0.05) is 23.9 Å². The molecule has 20 heavy (non-hydrogen) atoms. The Bertz CT molecular complexity index is 615. The number of fused-ring (bicyclic) bond motifs is 1. The maximum atomic E-state index is 4.51. The molecule has 0 amide bonds. The van der Waals surface area contributed by atoms with E-state index >= 15 is 0 Å². The van der Waals surface area contributed by atoms with E-state index in [1.165, 1.54) is 11.3 Å². The smallest absolute Gasteiger partial charge is 0.149 e. The Morgan fingerprint density at radius 1 is 1.20 bits per heavy atom. The van der Waals surface area contributed by atoms with Gasteiger partial charge < -0.3 is 9.88 Å². The topological polar surface area (TPSA) is 55.6 Å². The fourth-order valence-corrected chi connectivity index (χ4v) is 3.91. The van der Waals surface area contributed by atoms with Crippen LogP contribution in [-0.2, 0) is 13.0 Å². The van der Waals surface area contributed by atoms with Crippen LogP contribution >= 0.6 is 11.3 Å². The molecule has 0 aliphatic carbocycles. The summed E-state index contributed by atoms with van der Waals surface area (Å²) in [5, 5.41) is 13.4. The van der Waals surface area contributed by atoms with Crippen LogP contribution in [0.5, 0.6) is 0 Å². The maximum Gasteiger partial charge on any atom is 0.149 e. The first-order chi connectivity index (χ1) is 9.56. The molecule has 2 atom stereocenters. The summed E-state index contributed by atoms with van der Waals surface area (Å²) in [6, 6.07) is 0.483. The van der Waals surface area contributed by atoms with Crippen molar-refractivity contribution in [2.75, 3.05) is 0 Å². The summed E-state index contributed by atoms with van der Waals surface area (Å²) >= 11 is 1.77. The summed E-state index contributed by atoms with van der Waals surface area (Å²) < 4.78 is 2.26. The lowest BCUT2D eigenvalue weighted by Gasteiger charge is -2.19. The van der Waals surface area contributed by atoms with E-state index in [2.05, 4.69) is 52.8 Å². The predicted molar refractivity (Wildman–Crippen MR) is 79.9 cm³/mol. The van der Waals surface area contributed by atoms with Crippen LogP contribution in [0.25, 0.3) is 0 Å². The second kappa shape index (κ2) is 5.26. The molecule has 6 heteroatoms. The molecule has 2 unspecified atom stereocenters. The van der Waals surface area contributed by atoms with E-state index in [0.717, 1.165) is 35.3 Å². The highest BCUT2D eigenvalue weighted by atomic mass is 32.1. The second-order valence-electron chi connectivity index (χ2n) is 5.52. The molecule has 0 aromatic carbocycles. The van der Waals surface area contributed by atoms with Gasteiger partial charge in [0.1, 0.15) is 11.6 Å². The number of aryl methyl sites for hydroxylation is 3. The first-order valence-corrected chi connectivity index (χ1v) is 8.00. The molecule has 1 N–H and O–H groups in total. The molecule has 3 heterocycles. The van der Waals surface area contributed by atoms with Crippen molar-refractivity contribution in [2.45, 2.75) is 59.2 Å². The third kappa shape index (κ3) is 2.38. The maximum absolute atomic E-state index is 4.51. The second-order valence-corrected chi connectivity index (χ2v) is 6.76. The van der Waals surface area contributed by atoms with Crippen LogP contribution in [-0.4, -0.2) is 19.7 Å². The summed E-state index contributed by atoms with van der Waals surface area (Å²) in [6.07, 6.45) is 2.25. The fourth-order valence-electron chi connectivity index (χ4n) is 2.97. The monoisotopic (exact) mass is 291 g/mol. The van der Waals surface area contributed by atoms with Crippen molar-refractivity contribution in [2.24, 2.45) is 0 Å². The average molecular weight is 291 g/mol. The highest BCUT2D eigenvalue weighted by molar-refractivity contribution is 7.11. The van der Waals surface area contributed by atoms with Crippen molar-refractivity contribution in [3.05, 3.63) is 27.2 Å². The minimum Gasteiger partial charge on any atom is -0.314 e. The van der Waals surface area contributed by atoms with Crippen LogP contribution in [0.15, 0.2) is 0 Å². The Kier molecular flexibility index (Phi) is 3.60. The third-order valence-corrected chi connectivity index (χ3v) is 5.11. The summed E-state index contributed by atoms with van der Waals surface area (Å²) in [5.41, 5.74) is 1.13. The Hall–Kier alpha value is -1.27. The first kappa shape index (κ1) is 13.7. The van der Waals surface area contributed by atoms with Crippen molar-refractivity contribution in [1.82, 2.24) is 25.1 Å². The molecule has 5 nitrogen and oxygen atoms in total. The number of aromatic nitrogens is 4. The van der Waals surface area contributed by atoms with Crippen molar-refractivity contribution in [1.29, 1.82) is 0 Å². The van der Waals surface area contributed by atoms with Gasteiger partial charge in [0.2, 0.25) is 0 Å². The molecule has 1 aliphatic rings. The van der Waals surface area contributed by atoms with Crippen LogP contribution in [0.2, 0.25) is 0 Å². The van der Waals surface area contributed by atoms with Gasteiger partial charge in [-0.15, -0.1) is 21.5 Å². The standard InChI is InChI=1S/C14H21N5S/c1-8(13-9(2)16-11(4)20-13)15-10(3)14-18-17-12-6-5-7-19(12)14/h8,10,15H,5-7H2,1-4H3. The predicted octanol–water partition coefficient (Wildman–Crippen LogP) is 2.71. The largest absolute Gasteiger partial charge is 0.314 e. The molecular formula is C14H21N5S. The fraction of sp³-hybridized carbons (Fsp3) is 0.643. The van der Waals surface area contributed by atoms with Crippen molar-refractivity contribution in [3.8, 4) is 0 Å². The van der Waals surface area contributed by atoms with Crippen LogP contribution in [0.3, 0.4) is 0 Å². The Balaban J connectivity index is 1.75. The molecule has 1 aliphatic heterocycles. The zero-order valence-electron chi connectivity index (χ0n) is 12.5. The average Bonchev–Trinajstić information content (AvgIpc) is 3.03. The number of thiazole rings is 1. The first-order valence-electron chi connectivity index (χ1n) is 7.18. The van der Waals surface area contributed by atoms with Gasteiger partial charge in [0.05, 0.1) is 16.7 Å². The van der Waals surface area contributed by atoms with Crippen LogP contribution in [0.4, 0.5) is 0 Å². The normalized spacial score (nSPS) is 17.2. The molecular weight excluding hydrogens is 270 g/mol. The molecule has 0 fully saturated rings. The lowest BCUT2D eigenvalue weighted by Crippen LogP contribution is -2.25. The van der Waals surface area contributed by atoms with E-state index < -0.39 is 0 Å². The molecule has 0 bridgehead atoms. The molecule has 0 spiro atoms. The third-order valence-electron chi connectivity index (χ3n) is 3.86. The number of nitrogens with zero attached hydrogens (tertiary/aromatic N) is 4. The van der Waals surface area contributed by atoms with E-state index in [-0.39, 0.29) is 12.1 Å². The van der Waals surface area contributed by atoms with Crippen molar-refractivity contribution >= 4 is 11.3 Å². The highest BCUT2D eigenvalue weighted by Crippen LogP contribution is 2.27. The number of nitrogens with one attached hydrogen (secondary N) is 1. The minimum atomic E-state index is 0.200. The highest BCUT2D eigenvalue weighted by Gasteiger charge is 2.23. The zero-order chi connectivity index (χ0) is 14.3. The summed E-state index contributed by atoms with van der Waals surface area (Å²) in [6.45, 7) is 9.54. The number of hydrogen-bond acceptors (Lipinski definition) is 5. The molecule has 2 aromatic heterocycles. The summed E-state index contributed by atoms with van der Waals surface area (Å²) in [5.74, 6) is 2.19. The lowest BCUT2D eigenvalue weighted by atomic mass is 10.2. The Morgan fingerprint density at radius 3 is 2.70 bits per heavy atom. The molecule has 108 valence electrons. The number of rotatable bonds is 4. The molecule has 0 saturated carbocycles. The quantitative estimate of drug-likeness (QED) is 0.941. The van der Waals surface area contributed by atoms with E-state index in [9.17, 15) is 0 Å². The zero-order valence-corrected chi connectivity index (χ0v) is 13.3. The van der Waals surface area contributed by atoms with Crippen molar-refractivity contribution in [3.63, 3.8) is 0 Å². The van der Waals surface area contributed by atoms with Crippen LogP contribution in [0, 0.1) is 13.8 Å². The number of hydrogen-bond donors (Lipinski definition) is 1. The Morgan fingerprint density at radius 2 is 2.00 bits per heavy atom. The van der Waals surface area contributed by atoms with Gasteiger partial charge in [-0.25, -0.2) is 4.98 Å². The van der Waals surface area contributed by atoms with Gasteiger partial charge in [0.25, 0.3) is 0 Å². The van der Waals surface area contributed by atoms with Gasteiger partial charge in [0.15, 0.2) is 0 Å². The molecule has 2 aromatic rings. The van der Waals surface area contributed by atoms with Gasteiger partial charge >= 0.3 is 0 Å². The van der Waals surface area contributed by atoms with E-state index in [0.29, 0.717) is 0 Å². The van der Waals surface area contributed by atoms with Gasteiger partial charge in [-0.1, -0.05) is 0 Å². The van der Waals surface area contributed by atoms with E-state index in [1.807, 2.05) is 0 Å².